The number of benzene rings is 1. The third-order valence-electron chi connectivity index (χ3n) is 4.01. The molecule has 0 radical (unpaired) electrons. The number of furan rings is 1. The van der Waals surface area contributed by atoms with E-state index in [1.807, 2.05) is 11.9 Å². The first-order valence-corrected chi connectivity index (χ1v) is 7.85. The number of methoxy groups -OCH3 is 1. The normalized spacial score (nSPS) is 11.2. The van der Waals surface area contributed by atoms with E-state index >= 15 is 0 Å². The Morgan fingerprint density at radius 2 is 2.19 bits per heavy atom. The van der Waals surface area contributed by atoms with Gasteiger partial charge in [-0.25, -0.2) is 4.79 Å². The number of nitro groups is 1. The van der Waals surface area contributed by atoms with Gasteiger partial charge in [0, 0.05) is 17.5 Å². The van der Waals surface area contributed by atoms with Crippen LogP contribution in [-0.4, -0.2) is 39.7 Å². The Morgan fingerprint density at radius 3 is 2.88 bits per heavy atom. The van der Waals surface area contributed by atoms with Crippen LogP contribution in [0.3, 0.4) is 0 Å². The summed E-state index contributed by atoms with van der Waals surface area (Å²) >= 11 is 0. The lowest BCUT2D eigenvalue weighted by molar-refractivity contribution is -0.384. The summed E-state index contributed by atoms with van der Waals surface area (Å²) in [6.07, 6.45) is 1.60. The van der Waals surface area contributed by atoms with Crippen molar-refractivity contribution in [3.8, 4) is 0 Å². The second-order valence-electron chi connectivity index (χ2n) is 5.97. The average molecular weight is 358 g/mol. The van der Waals surface area contributed by atoms with Crippen LogP contribution in [0, 0.1) is 17.0 Å². The maximum Gasteiger partial charge on any atom is 0.341 e. The molecule has 2 heterocycles. The average Bonchev–Trinajstić information content (AvgIpc) is 3.17. The van der Waals surface area contributed by atoms with Gasteiger partial charge in [-0.15, -0.1) is 0 Å². The molecule has 0 aliphatic rings. The van der Waals surface area contributed by atoms with Crippen LogP contribution in [0.4, 0.5) is 5.69 Å². The van der Waals surface area contributed by atoms with E-state index in [1.165, 1.54) is 19.2 Å². The zero-order valence-corrected chi connectivity index (χ0v) is 14.6. The van der Waals surface area contributed by atoms with Crippen molar-refractivity contribution in [1.29, 1.82) is 0 Å². The minimum absolute atomic E-state index is 0.0341. The van der Waals surface area contributed by atoms with E-state index in [0.29, 0.717) is 35.7 Å². The molecule has 0 aliphatic heterocycles. The Bertz CT molecular complexity index is 975. The summed E-state index contributed by atoms with van der Waals surface area (Å²) in [5, 5.41) is 15.9. The number of esters is 1. The minimum atomic E-state index is -0.431. The molecule has 136 valence electrons. The second kappa shape index (κ2) is 6.96. The molecule has 0 spiro atoms. The van der Waals surface area contributed by atoms with Crippen LogP contribution >= 0.6 is 0 Å². The third-order valence-corrected chi connectivity index (χ3v) is 4.01. The fraction of sp³-hybridized carbons (Fsp3) is 0.294. The lowest BCUT2D eigenvalue weighted by Gasteiger charge is -2.15. The number of carbonyl (C=O) groups is 1. The number of non-ortho nitro benzene ring substituents is 1. The molecule has 0 unspecified atom stereocenters. The second-order valence-corrected chi connectivity index (χ2v) is 5.97. The number of aromatic nitrogens is 2. The Hall–Kier alpha value is -3.20. The van der Waals surface area contributed by atoms with Crippen LogP contribution in [0.2, 0.25) is 0 Å². The van der Waals surface area contributed by atoms with Crippen molar-refractivity contribution in [2.75, 3.05) is 14.2 Å². The molecule has 0 bridgehead atoms. The molecular weight excluding hydrogens is 340 g/mol. The van der Waals surface area contributed by atoms with Crippen LogP contribution in [0.15, 0.2) is 34.9 Å². The van der Waals surface area contributed by atoms with Crippen LogP contribution in [0.1, 0.15) is 21.9 Å². The number of nitro benzene ring substituents is 1. The summed E-state index contributed by atoms with van der Waals surface area (Å²) in [6, 6.07) is 6.30. The molecule has 1 aromatic carbocycles. The molecule has 0 atom stereocenters. The van der Waals surface area contributed by atoms with Gasteiger partial charge in [0.15, 0.2) is 0 Å². The van der Waals surface area contributed by atoms with Gasteiger partial charge in [0.2, 0.25) is 0 Å². The van der Waals surface area contributed by atoms with Crippen molar-refractivity contribution in [2.45, 2.75) is 20.1 Å². The topological polar surface area (TPSA) is 104 Å². The summed E-state index contributed by atoms with van der Waals surface area (Å²) in [6.45, 7) is 2.63. The molecule has 3 aromatic rings. The molecule has 0 saturated heterocycles. The van der Waals surface area contributed by atoms with E-state index in [4.69, 9.17) is 9.15 Å². The van der Waals surface area contributed by atoms with Gasteiger partial charge in [0.1, 0.15) is 17.1 Å². The van der Waals surface area contributed by atoms with Gasteiger partial charge in [-0.2, -0.15) is 5.10 Å². The number of ether oxygens (including phenoxy) is 1. The largest absolute Gasteiger partial charge is 0.465 e. The van der Waals surface area contributed by atoms with Gasteiger partial charge < -0.3 is 9.15 Å². The number of nitrogens with zero attached hydrogens (tertiary/aromatic N) is 4. The predicted molar refractivity (Wildman–Crippen MR) is 92.6 cm³/mol. The molecule has 26 heavy (non-hydrogen) atoms. The van der Waals surface area contributed by atoms with Gasteiger partial charge in [-0.3, -0.25) is 19.7 Å². The highest BCUT2D eigenvalue weighted by molar-refractivity contribution is 5.90. The third kappa shape index (κ3) is 3.42. The molecule has 0 aliphatic carbocycles. The number of rotatable bonds is 6. The van der Waals surface area contributed by atoms with Crippen LogP contribution in [0.25, 0.3) is 10.9 Å². The van der Waals surface area contributed by atoms with E-state index in [9.17, 15) is 14.9 Å². The minimum Gasteiger partial charge on any atom is -0.465 e. The number of hydrogen-bond acceptors (Lipinski definition) is 7. The number of carbonyl (C=O) groups excluding carboxylic acids is 1. The number of hydrogen-bond donors (Lipinski definition) is 0. The number of fused-ring (bicyclic) bond motifs is 1. The van der Waals surface area contributed by atoms with Crippen molar-refractivity contribution in [3.05, 3.63) is 57.7 Å². The van der Waals surface area contributed by atoms with E-state index in [0.717, 1.165) is 5.52 Å². The van der Waals surface area contributed by atoms with Crippen molar-refractivity contribution in [1.82, 2.24) is 14.7 Å². The summed E-state index contributed by atoms with van der Waals surface area (Å²) in [5.74, 6) is 0.717. The molecule has 3 rings (SSSR count). The maximum absolute atomic E-state index is 11.7. The van der Waals surface area contributed by atoms with Crippen molar-refractivity contribution < 1.29 is 18.9 Å². The van der Waals surface area contributed by atoms with Crippen LogP contribution < -0.4 is 0 Å². The first-order valence-electron chi connectivity index (χ1n) is 7.85. The fourth-order valence-electron chi connectivity index (χ4n) is 2.78. The Kier molecular flexibility index (Phi) is 4.72. The van der Waals surface area contributed by atoms with Gasteiger partial charge in [-0.05, 0) is 26.1 Å². The monoisotopic (exact) mass is 358 g/mol. The van der Waals surface area contributed by atoms with Crippen LogP contribution in [-0.2, 0) is 18.0 Å². The Balaban J connectivity index is 1.74. The van der Waals surface area contributed by atoms with Gasteiger partial charge in [-0.1, -0.05) is 0 Å². The summed E-state index contributed by atoms with van der Waals surface area (Å²) in [4.78, 5) is 24.0. The van der Waals surface area contributed by atoms with E-state index in [-0.39, 0.29) is 5.69 Å². The first-order chi connectivity index (χ1) is 12.4. The van der Waals surface area contributed by atoms with Gasteiger partial charge in [0.05, 0.1) is 37.0 Å². The summed E-state index contributed by atoms with van der Waals surface area (Å²) < 4.78 is 12.1. The van der Waals surface area contributed by atoms with Crippen molar-refractivity contribution in [3.63, 3.8) is 0 Å². The molecule has 9 nitrogen and oxygen atoms in total. The highest BCUT2D eigenvalue weighted by Gasteiger charge is 2.17. The van der Waals surface area contributed by atoms with Crippen LogP contribution in [0.5, 0.6) is 0 Å². The lowest BCUT2D eigenvalue weighted by atomic mass is 10.2. The standard InChI is InChI=1S/C17H18N4O5/c1-11-15(17(22)25-3)7-14(26-11)9-19(2)10-20-16-5-4-13(21(23)24)6-12(16)8-18-20/h4-8H,9-10H2,1-3H3. The quantitative estimate of drug-likeness (QED) is 0.379. The molecule has 0 saturated carbocycles. The molecule has 9 heteroatoms. The zero-order valence-electron chi connectivity index (χ0n) is 14.6. The van der Waals surface area contributed by atoms with E-state index < -0.39 is 10.9 Å². The molecule has 0 N–H and O–H groups in total. The lowest BCUT2D eigenvalue weighted by Crippen LogP contribution is -2.22. The Morgan fingerprint density at radius 1 is 1.42 bits per heavy atom. The molecule has 0 fully saturated rings. The Labute approximate surface area is 148 Å². The molecular formula is C17H18N4O5. The molecule has 2 aromatic heterocycles. The van der Waals surface area contributed by atoms with Crippen molar-refractivity contribution >= 4 is 22.6 Å². The molecule has 0 amide bonds. The highest BCUT2D eigenvalue weighted by atomic mass is 16.6. The SMILES string of the molecule is COC(=O)c1cc(CN(C)Cn2ncc3cc([N+](=O)[O-])ccc32)oc1C. The van der Waals surface area contributed by atoms with Crippen molar-refractivity contribution in [2.24, 2.45) is 0 Å². The smallest absolute Gasteiger partial charge is 0.341 e. The predicted octanol–water partition coefficient (Wildman–Crippen LogP) is 2.72. The van der Waals surface area contributed by atoms with Gasteiger partial charge >= 0.3 is 5.97 Å². The van der Waals surface area contributed by atoms with Gasteiger partial charge in [0.25, 0.3) is 5.69 Å². The zero-order chi connectivity index (χ0) is 18.8. The summed E-state index contributed by atoms with van der Waals surface area (Å²) in [7, 11) is 3.21. The van der Waals surface area contributed by atoms with E-state index in [2.05, 4.69) is 5.10 Å². The summed E-state index contributed by atoms with van der Waals surface area (Å²) in [5.41, 5.74) is 1.24. The fourth-order valence-corrected chi connectivity index (χ4v) is 2.78. The highest BCUT2D eigenvalue weighted by Crippen LogP contribution is 2.21. The maximum atomic E-state index is 11.7. The number of aryl methyl sites for hydroxylation is 1. The first kappa shape index (κ1) is 17.6. The van der Waals surface area contributed by atoms with E-state index in [1.54, 1.807) is 29.9 Å².